The number of hydrogen-bond donors (Lipinski definition) is 7. The number of aliphatic hydroxyl groups is 1. The molecule has 340 valence electrons. The Labute approximate surface area is 343 Å². The van der Waals surface area contributed by atoms with Gasteiger partial charge in [-0.2, -0.15) is 39.5 Å². The SMILES string of the molecule is N=S(=O)(CC[C@H](N)C(=O)Oc1cccc(C(CCS(=N)(=O)CC[C@H](N)C(=O)O)(C(F)(F)F)C(F)(F)F)c1)CCC(O)(c1ccc(NS(=O)(=O)c2ccccc2)cc1)C(F)(F)F. The molecule has 9 N–H and O–H groups in total. The number of sulfonamides is 1. The van der Waals surface area contributed by atoms with E-state index in [0.717, 1.165) is 30.3 Å². The van der Waals surface area contributed by atoms with Crippen LogP contribution in [0, 0.1) is 9.56 Å². The van der Waals surface area contributed by atoms with Crippen molar-refractivity contribution in [2.75, 3.05) is 27.7 Å². The predicted molar refractivity (Wildman–Crippen MR) is 203 cm³/mol. The van der Waals surface area contributed by atoms with Crippen molar-refractivity contribution in [2.24, 2.45) is 11.5 Å². The topological polar surface area (TPSA) is 264 Å². The van der Waals surface area contributed by atoms with Crippen LogP contribution in [0.3, 0.4) is 0 Å². The van der Waals surface area contributed by atoms with Crippen LogP contribution in [0.5, 0.6) is 5.75 Å². The van der Waals surface area contributed by atoms with Gasteiger partial charge in [0.1, 0.15) is 17.8 Å². The summed E-state index contributed by atoms with van der Waals surface area (Å²) in [6.45, 7) is 0. The normalized spacial score (nSPS) is 16.9. The van der Waals surface area contributed by atoms with E-state index in [2.05, 4.69) is 4.72 Å². The fraction of sp³-hybridized carbons (Fsp3) is 0.429. The van der Waals surface area contributed by atoms with Crippen LogP contribution in [0.2, 0.25) is 0 Å². The minimum Gasteiger partial charge on any atom is -0.480 e. The predicted octanol–water partition coefficient (Wildman–Crippen LogP) is 5.60. The van der Waals surface area contributed by atoms with Gasteiger partial charge < -0.3 is 26.4 Å². The number of benzene rings is 3. The Hall–Kier alpha value is -4.50. The number of nitrogens with one attached hydrogen (secondary N) is 3. The van der Waals surface area contributed by atoms with Crippen molar-refractivity contribution in [3.63, 3.8) is 0 Å². The second-order valence-corrected chi connectivity index (χ2v) is 20.3. The highest BCUT2D eigenvalue weighted by molar-refractivity contribution is 7.93. The minimum absolute atomic E-state index is 0.154. The average molecular weight is 942 g/mol. The number of nitrogens with two attached hydrogens (primary N) is 2. The lowest BCUT2D eigenvalue weighted by molar-refractivity contribution is -0.304. The Balaban J connectivity index is 1.74. The van der Waals surface area contributed by atoms with E-state index < -0.39 is 149 Å². The number of aliphatic carboxylic acids is 1. The maximum atomic E-state index is 14.5. The third-order valence-corrected chi connectivity index (χ3v) is 14.3. The molecule has 0 radical (unpaired) electrons. The number of hydrogen-bond acceptors (Lipinski definition) is 12. The van der Waals surface area contributed by atoms with E-state index in [0.29, 0.717) is 12.1 Å². The number of carboxylic acids is 1. The third-order valence-electron chi connectivity index (χ3n) is 9.39. The molecular formula is C35H40F9N5O9S3. The molecule has 61 heavy (non-hydrogen) atoms. The second-order valence-electron chi connectivity index (χ2n) is 13.8. The molecule has 5 atom stereocenters. The molecule has 0 aliphatic carbocycles. The molecule has 3 aromatic carbocycles. The molecule has 14 nitrogen and oxygen atoms in total. The molecule has 0 heterocycles. The summed E-state index contributed by atoms with van der Waals surface area (Å²) < 4.78 is 203. The third kappa shape index (κ3) is 12.8. The lowest BCUT2D eigenvalue weighted by Gasteiger charge is -2.38. The number of halogens is 9. The van der Waals surface area contributed by atoms with Gasteiger partial charge in [-0.3, -0.25) is 19.1 Å². The smallest absolute Gasteiger partial charge is 0.421 e. The van der Waals surface area contributed by atoms with Gasteiger partial charge in [0.05, 0.1) is 4.90 Å². The van der Waals surface area contributed by atoms with Gasteiger partial charge in [-0.25, -0.2) is 21.6 Å². The monoisotopic (exact) mass is 941 g/mol. The molecule has 3 rings (SSSR count). The highest BCUT2D eigenvalue weighted by Gasteiger charge is 2.71. The molecule has 0 aliphatic rings. The quantitative estimate of drug-likeness (QED) is 0.0417. The van der Waals surface area contributed by atoms with Gasteiger partial charge in [0.25, 0.3) is 10.0 Å². The zero-order valence-electron chi connectivity index (χ0n) is 31.4. The van der Waals surface area contributed by atoms with Gasteiger partial charge in [-0.15, -0.1) is 0 Å². The fourth-order valence-electron chi connectivity index (χ4n) is 5.72. The Bertz CT molecular complexity index is 2340. The molecule has 0 aromatic heterocycles. The molecule has 0 aliphatic heterocycles. The molecule has 0 fully saturated rings. The fourth-order valence-corrected chi connectivity index (χ4v) is 9.74. The number of carbonyl (C=O) groups is 2. The van der Waals surface area contributed by atoms with Crippen molar-refractivity contribution in [2.45, 2.75) is 72.2 Å². The summed E-state index contributed by atoms with van der Waals surface area (Å²) in [5, 5.41) is 19.6. The Morgan fingerprint density at radius 3 is 1.67 bits per heavy atom. The number of esters is 1. The first-order valence-corrected chi connectivity index (χ1v) is 22.7. The molecule has 0 bridgehead atoms. The van der Waals surface area contributed by atoms with Crippen molar-refractivity contribution < 1.29 is 80.9 Å². The largest absolute Gasteiger partial charge is 0.480 e. The van der Waals surface area contributed by atoms with Crippen molar-refractivity contribution >= 4 is 47.1 Å². The maximum absolute atomic E-state index is 14.5. The molecule has 0 saturated carbocycles. The van der Waals surface area contributed by atoms with Crippen LogP contribution < -0.4 is 20.9 Å². The van der Waals surface area contributed by atoms with Gasteiger partial charge in [0.15, 0.2) is 11.0 Å². The van der Waals surface area contributed by atoms with Crippen LogP contribution in [-0.2, 0) is 50.1 Å². The van der Waals surface area contributed by atoms with Crippen molar-refractivity contribution in [3.05, 3.63) is 90.0 Å². The first kappa shape index (κ1) is 50.9. The van der Waals surface area contributed by atoms with Crippen LogP contribution in [0.1, 0.15) is 36.8 Å². The van der Waals surface area contributed by atoms with Crippen LogP contribution in [0.4, 0.5) is 45.2 Å². The van der Waals surface area contributed by atoms with Crippen molar-refractivity contribution in [1.82, 2.24) is 0 Å². The minimum atomic E-state index is -6.16. The first-order valence-electron chi connectivity index (χ1n) is 17.4. The Kier molecular flexibility index (Phi) is 15.7. The van der Waals surface area contributed by atoms with Crippen molar-refractivity contribution in [3.8, 4) is 5.75 Å². The van der Waals surface area contributed by atoms with E-state index in [1.165, 1.54) is 24.3 Å². The number of carboxylic acid groups (broad SMARTS) is 1. The van der Waals surface area contributed by atoms with E-state index in [-0.39, 0.29) is 16.6 Å². The molecule has 26 heteroatoms. The van der Waals surface area contributed by atoms with Crippen LogP contribution >= 0.6 is 0 Å². The summed E-state index contributed by atoms with van der Waals surface area (Å²) in [6, 6.07) is 8.71. The van der Waals surface area contributed by atoms with Gasteiger partial charge >= 0.3 is 30.5 Å². The molecular weight excluding hydrogens is 902 g/mol. The van der Waals surface area contributed by atoms with E-state index in [9.17, 15) is 71.0 Å². The van der Waals surface area contributed by atoms with Gasteiger partial charge in [0, 0.05) is 54.6 Å². The summed E-state index contributed by atoms with van der Waals surface area (Å²) in [5.41, 5.74) is -0.0961. The molecule has 0 spiro atoms. The van der Waals surface area contributed by atoms with Crippen molar-refractivity contribution in [1.29, 1.82) is 9.56 Å². The lowest BCUT2D eigenvalue weighted by Crippen LogP contribution is -2.55. The summed E-state index contributed by atoms with van der Waals surface area (Å²) in [6.07, 6.45) is -22.6. The molecule has 3 unspecified atom stereocenters. The van der Waals surface area contributed by atoms with Gasteiger partial charge in [0.2, 0.25) is 0 Å². The lowest BCUT2D eigenvalue weighted by atomic mass is 9.76. The zero-order chi connectivity index (χ0) is 46.5. The van der Waals surface area contributed by atoms with E-state index in [4.69, 9.17) is 30.9 Å². The van der Waals surface area contributed by atoms with E-state index in [1.807, 2.05) is 0 Å². The highest BCUT2D eigenvalue weighted by Crippen LogP contribution is 2.55. The standard InChI is InChI=1S/C35H40F9N5O9S3/c36-33(37,38)31(34(39,40)41,15-19-59(47,54)17-13-27(45)29(50)51)23-5-4-6-25(21-23)58-30(52)28(46)14-18-60(48,55)20-16-32(53,35(42,43)44)22-9-11-24(12-10-22)49-61(56,57)26-7-2-1-3-8-26/h1-12,21,27-28,47-49,53H,13-20,45-46H2,(H,50,51)/t27-,28-,32?,59?,60?/m0/s1. The molecule has 0 saturated heterocycles. The number of carbonyl (C=O) groups excluding carboxylic acids is 1. The van der Waals surface area contributed by atoms with Gasteiger partial charge in [-0.05, 0) is 66.8 Å². The first-order chi connectivity index (χ1) is 27.8. The van der Waals surface area contributed by atoms with Gasteiger partial charge in [-0.1, -0.05) is 42.5 Å². The summed E-state index contributed by atoms with van der Waals surface area (Å²) in [4.78, 5) is 23.5. The maximum Gasteiger partial charge on any atom is 0.421 e. The summed E-state index contributed by atoms with van der Waals surface area (Å²) >= 11 is 0. The summed E-state index contributed by atoms with van der Waals surface area (Å²) in [5.74, 6) is -8.54. The number of anilines is 1. The number of rotatable bonds is 20. The number of alkyl halides is 9. The Morgan fingerprint density at radius 1 is 0.672 bits per heavy atom. The number of ether oxygens (including phenoxy) is 1. The zero-order valence-corrected chi connectivity index (χ0v) is 33.8. The van der Waals surface area contributed by atoms with E-state index >= 15 is 0 Å². The average Bonchev–Trinajstić information content (AvgIpc) is 3.14. The second kappa shape index (κ2) is 18.9. The highest BCUT2D eigenvalue weighted by atomic mass is 32.2. The molecule has 0 amide bonds. The van der Waals surface area contributed by atoms with Crippen LogP contribution in [0.25, 0.3) is 0 Å². The van der Waals surface area contributed by atoms with Crippen LogP contribution in [0.15, 0.2) is 83.8 Å². The summed E-state index contributed by atoms with van der Waals surface area (Å²) in [7, 11) is -12.5. The van der Waals surface area contributed by atoms with Crippen LogP contribution in [-0.4, -0.2) is 92.6 Å². The molecule has 3 aromatic rings. The van der Waals surface area contributed by atoms with E-state index in [1.54, 1.807) is 6.07 Å². The Morgan fingerprint density at radius 2 is 1.18 bits per heavy atom.